The van der Waals surface area contributed by atoms with Gasteiger partial charge in [-0.1, -0.05) is 6.07 Å². The Bertz CT molecular complexity index is 1080. The van der Waals surface area contributed by atoms with Crippen molar-refractivity contribution in [3.05, 3.63) is 40.3 Å². The van der Waals surface area contributed by atoms with Crippen molar-refractivity contribution in [2.45, 2.75) is 49.1 Å². The molecule has 0 aromatic carbocycles. The molecular formula is C18H10F12O7S. The van der Waals surface area contributed by atoms with Crippen LogP contribution in [0.1, 0.15) is 10.6 Å². The molecule has 2 heterocycles. The molecule has 2 aromatic heterocycles. The molecule has 7 nitrogen and oxygen atoms in total. The van der Waals surface area contributed by atoms with Gasteiger partial charge >= 0.3 is 47.8 Å². The van der Waals surface area contributed by atoms with E-state index in [1.54, 1.807) is 0 Å². The van der Waals surface area contributed by atoms with Crippen LogP contribution in [0.5, 0.6) is 5.95 Å². The van der Waals surface area contributed by atoms with Gasteiger partial charge in [0.05, 0.1) is 0 Å². The smallest absolute Gasteiger partial charge is 0.449 e. The molecule has 0 atom stereocenters. The highest BCUT2D eigenvalue weighted by Gasteiger charge is 2.80. The zero-order valence-corrected chi connectivity index (χ0v) is 18.5. The van der Waals surface area contributed by atoms with Gasteiger partial charge in [-0.15, -0.1) is 11.3 Å². The lowest BCUT2D eigenvalue weighted by Crippen LogP contribution is -2.66. The van der Waals surface area contributed by atoms with Gasteiger partial charge in [-0.2, -0.15) is 52.7 Å². The molecule has 214 valence electrons. The first-order valence-corrected chi connectivity index (χ1v) is 10.1. The van der Waals surface area contributed by atoms with Crippen molar-refractivity contribution in [2.24, 2.45) is 0 Å². The van der Waals surface area contributed by atoms with E-state index in [-0.39, 0.29) is 10.9 Å². The normalized spacial score (nSPS) is 13.8. The fraction of sp³-hybridized carbons (Fsp3) is 0.444. The van der Waals surface area contributed by atoms with Crippen LogP contribution in [0.3, 0.4) is 0 Å². The summed E-state index contributed by atoms with van der Waals surface area (Å²) in [6.07, 6.45) is -26.4. The Kier molecular flexibility index (Phi) is 8.33. The van der Waals surface area contributed by atoms with Gasteiger partial charge in [0.25, 0.3) is 5.95 Å². The van der Waals surface area contributed by atoms with Crippen LogP contribution in [0.15, 0.2) is 34.1 Å². The molecule has 0 spiro atoms. The van der Waals surface area contributed by atoms with Crippen molar-refractivity contribution < 1.29 is 86.0 Å². The van der Waals surface area contributed by atoms with Crippen molar-refractivity contribution in [1.29, 1.82) is 0 Å². The first kappa shape index (κ1) is 31.1. The van der Waals surface area contributed by atoms with Crippen molar-refractivity contribution in [1.82, 2.24) is 0 Å². The summed E-state index contributed by atoms with van der Waals surface area (Å²) < 4.78 is 173. The number of aliphatic hydroxyl groups is 1. The average molecular weight is 598 g/mol. The van der Waals surface area contributed by atoms with Crippen LogP contribution in [0, 0.1) is 0 Å². The largest absolute Gasteiger partial charge is 0.456 e. The van der Waals surface area contributed by atoms with Crippen LogP contribution in [-0.4, -0.2) is 53.0 Å². The maximum Gasteiger partial charge on any atom is 0.449 e. The van der Waals surface area contributed by atoms with Crippen LogP contribution in [0.2, 0.25) is 0 Å². The number of furan rings is 1. The molecule has 1 N–H and O–H groups in total. The van der Waals surface area contributed by atoms with E-state index in [0.29, 0.717) is 6.07 Å². The Morgan fingerprint density at radius 2 is 1.29 bits per heavy atom. The van der Waals surface area contributed by atoms with Gasteiger partial charge < -0.3 is 23.7 Å². The number of esters is 2. The predicted octanol–water partition coefficient (Wildman–Crippen LogP) is 5.23. The maximum atomic E-state index is 13.6. The van der Waals surface area contributed by atoms with Gasteiger partial charge in [0, 0.05) is 10.9 Å². The molecule has 0 amide bonds. The highest BCUT2D eigenvalue weighted by Crippen LogP contribution is 2.48. The molecule has 20 heteroatoms. The zero-order chi connectivity index (χ0) is 29.4. The van der Waals surface area contributed by atoms with Crippen LogP contribution in [0.4, 0.5) is 52.7 Å². The van der Waals surface area contributed by atoms with Gasteiger partial charge in [-0.25, -0.2) is 9.59 Å². The number of halogens is 12. The van der Waals surface area contributed by atoms with E-state index in [0.717, 1.165) is 11.3 Å². The summed E-state index contributed by atoms with van der Waals surface area (Å²) in [4.78, 5) is 23.4. The maximum absolute atomic E-state index is 13.6. The van der Waals surface area contributed by atoms with E-state index in [1.165, 1.54) is 17.5 Å². The van der Waals surface area contributed by atoms with Crippen LogP contribution in [0.25, 0.3) is 0 Å². The lowest BCUT2D eigenvalue weighted by Gasteiger charge is -2.33. The predicted molar refractivity (Wildman–Crippen MR) is 95.1 cm³/mol. The van der Waals surface area contributed by atoms with Crippen LogP contribution in [-0.2, 0) is 32.3 Å². The van der Waals surface area contributed by atoms with Crippen LogP contribution >= 0.6 is 11.3 Å². The zero-order valence-electron chi connectivity index (χ0n) is 17.6. The summed E-state index contributed by atoms with van der Waals surface area (Å²) in [5.41, 5.74) is -11.7. The molecule has 38 heavy (non-hydrogen) atoms. The first-order chi connectivity index (χ1) is 17.1. The van der Waals surface area contributed by atoms with E-state index >= 15 is 0 Å². The first-order valence-electron chi connectivity index (χ1n) is 9.21. The molecule has 0 aliphatic rings. The Morgan fingerprint density at radius 1 is 0.763 bits per heavy atom. The Hall–Kier alpha value is -3.16. The molecule has 0 unspecified atom stereocenters. The second-order valence-corrected chi connectivity index (χ2v) is 7.97. The van der Waals surface area contributed by atoms with E-state index in [2.05, 4.69) is 18.6 Å². The molecule has 0 fully saturated rings. The number of thiophene rings is 1. The fourth-order valence-corrected chi connectivity index (χ4v) is 3.07. The summed E-state index contributed by atoms with van der Waals surface area (Å²) in [7, 11) is 0. The summed E-state index contributed by atoms with van der Waals surface area (Å²) in [5.74, 6) is -9.25. The molecule has 0 aliphatic carbocycles. The minimum absolute atomic E-state index is 0.0383. The van der Waals surface area contributed by atoms with Gasteiger partial charge in [0.2, 0.25) is 0 Å². The third kappa shape index (κ3) is 5.79. The summed E-state index contributed by atoms with van der Waals surface area (Å²) in [6.45, 7) is -2.79. The molecule has 0 aliphatic heterocycles. The molecular weight excluding hydrogens is 588 g/mol. The summed E-state index contributed by atoms with van der Waals surface area (Å²) in [6, 6.07) is 3.03. The molecule has 2 aromatic rings. The number of carbonyl (C=O) groups is 2. The van der Waals surface area contributed by atoms with Gasteiger partial charge in [-0.3, -0.25) is 0 Å². The standard InChI is InChI=1S/C18H10F12O7S/c19-15(20,21)13(33,16(22,23)24)11(31)34-6-8-3-4-10(36-8)37-14(17(25,26)27,18(28,29)30)12(32)35-7-9-2-1-5-38-9/h1-5,33H,6-7H2. The number of rotatable bonds is 8. The average Bonchev–Trinajstić information content (AvgIpc) is 3.41. The second-order valence-electron chi connectivity index (χ2n) is 6.94. The SMILES string of the molecule is O=C(OCc1ccc(OC(C(=O)OCc2cccs2)(C(F)(F)F)C(F)(F)F)o1)C(O)(C(F)(F)F)C(F)(F)F. The van der Waals surface area contributed by atoms with E-state index in [4.69, 9.17) is 5.11 Å². The number of carbonyl (C=O) groups excluding carboxylic acids is 2. The summed E-state index contributed by atoms with van der Waals surface area (Å²) >= 11 is 0.811. The lowest BCUT2D eigenvalue weighted by atomic mass is 10.0. The number of hydrogen-bond donors (Lipinski definition) is 1. The Morgan fingerprint density at radius 3 is 1.74 bits per heavy atom. The van der Waals surface area contributed by atoms with Crippen molar-refractivity contribution in [3.63, 3.8) is 0 Å². The lowest BCUT2D eigenvalue weighted by molar-refractivity contribution is -0.357. The van der Waals surface area contributed by atoms with Crippen LogP contribution < -0.4 is 4.74 Å². The molecule has 2 rings (SSSR count). The molecule has 0 saturated heterocycles. The van der Waals surface area contributed by atoms with Crippen molar-refractivity contribution in [2.75, 3.05) is 0 Å². The second kappa shape index (κ2) is 10.2. The third-order valence-corrected chi connectivity index (χ3v) is 5.21. The topological polar surface area (TPSA) is 95.2 Å². The van der Waals surface area contributed by atoms with Crippen molar-refractivity contribution in [3.8, 4) is 5.95 Å². The third-order valence-electron chi connectivity index (χ3n) is 4.36. The Labute approximate surface area is 205 Å². The van der Waals surface area contributed by atoms with E-state index < -0.39 is 72.8 Å². The summed E-state index contributed by atoms with van der Waals surface area (Å²) in [5, 5.41) is 10.2. The minimum Gasteiger partial charge on any atom is -0.456 e. The quantitative estimate of drug-likeness (QED) is 0.329. The van der Waals surface area contributed by atoms with E-state index in [1.807, 2.05) is 0 Å². The number of alkyl halides is 12. The van der Waals surface area contributed by atoms with Gasteiger partial charge in [0.15, 0.2) is 0 Å². The Balaban J connectivity index is 2.30. The van der Waals surface area contributed by atoms with Crippen molar-refractivity contribution >= 4 is 23.3 Å². The minimum atomic E-state index is -6.64. The molecule has 0 saturated carbocycles. The monoisotopic (exact) mass is 598 g/mol. The van der Waals surface area contributed by atoms with Gasteiger partial charge in [-0.05, 0) is 17.5 Å². The number of ether oxygens (including phenoxy) is 3. The van der Waals surface area contributed by atoms with E-state index in [9.17, 15) is 62.3 Å². The highest BCUT2D eigenvalue weighted by molar-refractivity contribution is 7.09. The highest BCUT2D eigenvalue weighted by atomic mass is 32.1. The van der Waals surface area contributed by atoms with Gasteiger partial charge in [0.1, 0.15) is 19.0 Å². The number of hydrogen-bond acceptors (Lipinski definition) is 8. The fourth-order valence-electron chi connectivity index (χ4n) is 2.46. The molecule has 0 radical (unpaired) electrons. The molecule has 0 bridgehead atoms.